The van der Waals surface area contributed by atoms with Crippen LogP contribution in [0.15, 0.2) is 17.6 Å². The van der Waals surface area contributed by atoms with Gasteiger partial charge in [0.15, 0.2) is 5.69 Å². The van der Waals surface area contributed by atoms with Crippen molar-refractivity contribution in [3.8, 4) is 0 Å². The van der Waals surface area contributed by atoms with Crippen molar-refractivity contribution in [2.24, 2.45) is 0 Å². The Morgan fingerprint density at radius 1 is 1.32 bits per heavy atom. The second-order valence-corrected chi connectivity index (χ2v) is 5.95. The number of carboxylic acid groups (broad SMARTS) is 1. The van der Waals surface area contributed by atoms with Crippen molar-refractivity contribution < 1.29 is 14.7 Å². The van der Waals surface area contributed by atoms with Crippen molar-refractivity contribution in [1.82, 2.24) is 20.3 Å². The molecule has 0 aromatic carbocycles. The van der Waals surface area contributed by atoms with Gasteiger partial charge in [0.05, 0.1) is 5.01 Å². The lowest BCUT2D eigenvalue weighted by atomic mass is 10.3. The molecule has 0 spiro atoms. The van der Waals surface area contributed by atoms with Gasteiger partial charge in [0.1, 0.15) is 11.5 Å². The van der Waals surface area contributed by atoms with Gasteiger partial charge in [-0.2, -0.15) is 0 Å². The molecule has 0 bridgehead atoms. The lowest BCUT2D eigenvalue weighted by Gasteiger charge is -2.04. The van der Waals surface area contributed by atoms with Crippen LogP contribution in [0.4, 0.5) is 0 Å². The monoisotopic (exact) mass is 318 g/mol. The minimum absolute atomic E-state index is 0.0382. The molecule has 2 heterocycles. The van der Waals surface area contributed by atoms with Gasteiger partial charge in [-0.1, -0.05) is 0 Å². The number of nitrogens with zero attached hydrogens (tertiary/aromatic N) is 3. The molecule has 0 saturated heterocycles. The van der Waals surface area contributed by atoms with E-state index in [-0.39, 0.29) is 11.6 Å². The van der Waals surface area contributed by atoms with Gasteiger partial charge in [-0.05, 0) is 18.9 Å². The molecule has 114 valence electrons. The van der Waals surface area contributed by atoms with E-state index in [1.165, 1.54) is 16.7 Å². The first-order valence-electron chi connectivity index (χ1n) is 6.92. The number of hydrogen-bond acceptors (Lipinski definition) is 6. The first-order valence-corrected chi connectivity index (χ1v) is 7.80. The van der Waals surface area contributed by atoms with E-state index in [4.69, 9.17) is 5.11 Å². The van der Waals surface area contributed by atoms with E-state index >= 15 is 0 Å². The molecule has 1 amide bonds. The molecule has 2 N–H and O–H groups in total. The molecule has 1 saturated carbocycles. The Morgan fingerprint density at radius 2 is 2.14 bits per heavy atom. The maximum Gasteiger partial charge on any atom is 0.355 e. The Balaban J connectivity index is 1.53. The zero-order valence-corrected chi connectivity index (χ0v) is 12.5. The largest absolute Gasteiger partial charge is 0.476 e. The fraction of sp³-hybridized carbons (Fsp3) is 0.357. The van der Waals surface area contributed by atoms with E-state index in [2.05, 4.69) is 20.3 Å². The van der Waals surface area contributed by atoms with Gasteiger partial charge in [0.2, 0.25) is 0 Å². The van der Waals surface area contributed by atoms with Crippen molar-refractivity contribution in [2.45, 2.75) is 25.2 Å². The molecule has 3 rings (SSSR count). The van der Waals surface area contributed by atoms with Crippen molar-refractivity contribution in [1.29, 1.82) is 0 Å². The number of hydrogen-bond donors (Lipinski definition) is 2. The number of thiazole rings is 1. The molecule has 2 aromatic heterocycles. The summed E-state index contributed by atoms with van der Waals surface area (Å²) < 4.78 is 0. The molecule has 0 aliphatic heterocycles. The lowest BCUT2D eigenvalue weighted by molar-refractivity contribution is 0.0690. The summed E-state index contributed by atoms with van der Waals surface area (Å²) in [6.07, 6.45) is 4.27. The van der Waals surface area contributed by atoms with Crippen LogP contribution in [-0.2, 0) is 6.42 Å². The SMILES string of the molecule is O=C(O)c1csc(CCNC(=O)c2ccnc(C3CC3)n2)n1. The van der Waals surface area contributed by atoms with Crippen LogP contribution >= 0.6 is 11.3 Å². The van der Waals surface area contributed by atoms with Gasteiger partial charge in [0.25, 0.3) is 5.91 Å². The highest BCUT2D eigenvalue weighted by Gasteiger charge is 2.27. The average Bonchev–Trinajstić information content (AvgIpc) is 3.26. The molecule has 1 aliphatic carbocycles. The van der Waals surface area contributed by atoms with Gasteiger partial charge < -0.3 is 10.4 Å². The molecular formula is C14H14N4O3S. The van der Waals surface area contributed by atoms with Gasteiger partial charge in [-0.25, -0.2) is 19.7 Å². The van der Waals surface area contributed by atoms with Crippen LogP contribution in [0, 0.1) is 0 Å². The Hall–Kier alpha value is -2.35. The summed E-state index contributed by atoms with van der Waals surface area (Å²) in [5.41, 5.74) is 0.401. The highest BCUT2D eigenvalue weighted by Crippen LogP contribution is 2.37. The van der Waals surface area contributed by atoms with Crippen molar-refractivity contribution in [3.05, 3.63) is 39.9 Å². The fourth-order valence-corrected chi connectivity index (χ4v) is 2.71. The smallest absolute Gasteiger partial charge is 0.355 e. The number of carbonyl (C=O) groups is 2. The molecule has 1 aliphatic rings. The second-order valence-electron chi connectivity index (χ2n) is 5.01. The molecule has 22 heavy (non-hydrogen) atoms. The summed E-state index contributed by atoms with van der Waals surface area (Å²) in [5, 5.41) is 13.7. The summed E-state index contributed by atoms with van der Waals surface area (Å²) in [7, 11) is 0. The van der Waals surface area contributed by atoms with Crippen LogP contribution in [-0.4, -0.2) is 38.5 Å². The minimum Gasteiger partial charge on any atom is -0.476 e. The Morgan fingerprint density at radius 3 is 2.82 bits per heavy atom. The molecule has 2 aromatic rings. The normalized spacial score (nSPS) is 13.8. The summed E-state index contributed by atoms with van der Waals surface area (Å²) >= 11 is 1.27. The number of amides is 1. The number of nitrogens with one attached hydrogen (secondary N) is 1. The maximum atomic E-state index is 12.0. The van der Waals surface area contributed by atoms with Gasteiger partial charge in [-0.15, -0.1) is 11.3 Å². The van der Waals surface area contributed by atoms with E-state index in [0.717, 1.165) is 18.7 Å². The summed E-state index contributed by atoms with van der Waals surface area (Å²) in [5.74, 6) is -0.157. The topological polar surface area (TPSA) is 105 Å². The number of aromatic nitrogens is 3. The third kappa shape index (κ3) is 3.45. The third-order valence-electron chi connectivity index (χ3n) is 3.24. The number of rotatable bonds is 6. The molecule has 1 fully saturated rings. The Bertz CT molecular complexity index is 712. The number of carbonyl (C=O) groups excluding carboxylic acids is 1. The summed E-state index contributed by atoms with van der Waals surface area (Å²) in [6, 6.07) is 1.59. The second kappa shape index (κ2) is 6.18. The number of aromatic carboxylic acids is 1. The molecule has 0 unspecified atom stereocenters. The average molecular weight is 318 g/mol. The lowest BCUT2D eigenvalue weighted by Crippen LogP contribution is -2.27. The quantitative estimate of drug-likeness (QED) is 0.836. The minimum atomic E-state index is -1.04. The summed E-state index contributed by atoms with van der Waals surface area (Å²) in [6.45, 7) is 0.383. The number of carboxylic acids is 1. The molecule has 0 radical (unpaired) electrons. The van der Waals surface area contributed by atoms with E-state index < -0.39 is 5.97 Å². The highest BCUT2D eigenvalue weighted by atomic mass is 32.1. The van der Waals surface area contributed by atoms with Crippen LogP contribution in [0.25, 0.3) is 0 Å². The van der Waals surface area contributed by atoms with Crippen LogP contribution < -0.4 is 5.32 Å². The van der Waals surface area contributed by atoms with Crippen molar-refractivity contribution >= 4 is 23.2 Å². The Labute approximate surface area is 130 Å². The predicted octanol–water partition coefficient (Wildman–Crippen LogP) is 1.48. The van der Waals surface area contributed by atoms with E-state index in [1.807, 2.05) is 0 Å². The zero-order valence-electron chi connectivity index (χ0n) is 11.7. The predicted molar refractivity (Wildman–Crippen MR) is 79.1 cm³/mol. The van der Waals surface area contributed by atoms with Gasteiger partial charge in [-0.3, -0.25) is 4.79 Å². The first kappa shape index (κ1) is 14.6. The summed E-state index contributed by atoms with van der Waals surface area (Å²) in [4.78, 5) is 35.2. The molecule has 0 atom stereocenters. The first-order chi connectivity index (χ1) is 10.6. The molecule has 8 heteroatoms. The van der Waals surface area contributed by atoms with E-state index in [1.54, 1.807) is 12.3 Å². The Kier molecular flexibility index (Phi) is 4.10. The van der Waals surface area contributed by atoms with Crippen LogP contribution in [0.1, 0.15) is 50.6 Å². The van der Waals surface area contributed by atoms with Crippen LogP contribution in [0.5, 0.6) is 0 Å². The van der Waals surface area contributed by atoms with Gasteiger partial charge in [0, 0.05) is 30.5 Å². The van der Waals surface area contributed by atoms with Crippen LogP contribution in [0.2, 0.25) is 0 Å². The standard InChI is InChI=1S/C14H14N4O3S/c19-13(9-3-5-15-12(18-9)8-1-2-8)16-6-4-11-17-10(7-22-11)14(20)21/h3,5,7-8H,1-2,4,6H2,(H,16,19)(H,20,21). The maximum absolute atomic E-state index is 12.0. The van der Waals surface area contributed by atoms with E-state index in [0.29, 0.717) is 29.6 Å². The zero-order chi connectivity index (χ0) is 15.5. The van der Waals surface area contributed by atoms with E-state index in [9.17, 15) is 9.59 Å². The van der Waals surface area contributed by atoms with Crippen LogP contribution in [0.3, 0.4) is 0 Å². The molecular weight excluding hydrogens is 304 g/mol. The van der Waals surface area contributed by atoms with Gasteiger partial charge >= 0.3 is 5.97 Å². The highest BCUT2D eigenvalue weighted by molar-refractivity contribution is 7.09. The third-order valence-corrected chi connectivity index (χ3v) is 4.15. The fourth-order valence-electron chi connectivity index (χ4n) is 1.94. The van der Waals surface area contributed by atoms with Crippen molar-refractivity contribution in [2.75, 3.05) is 6.54 Å². The van der Waals surface area contributed by atoms with Crippen molar-refractivity contribution in [3.63, 3.8) is 0 Å². The molecule has 7 nitrogen and oxygen atoms in total.